The quantitative estimate of drug-likeness (QED) is 0.407. The molecule has 0 atom stereocenters. The molecule has 0 amide bonds. The summed E-state index contributed by atoms with van der Waals surface area (Å²) in [5, 5.41) is 15.2. The van der Waals surface area contributed by atoms with Gasteiger partial charge in [-0.2, -0.15) is 0 Å². The predicted octanol–water partition coefficient (Wildman–Crippen LogP) is 5.08. The van der Waals surface area contributed by atoms with E-state index >= 15 is 0 Å². The Bertz CT molecular complexity index is 1520. The predicted molar refractivity (Wildman–Crippen MR) is 126 cm³/mol. The highest BCUT2D eigenvalue weighted by Gasteiger charge is 2.17. The van der Waals surface area contributed by atoms with Crippen LogP contribution in [0.3, 0.4) is 0 Å². The van der Waals surface area contributed by atoms with E-state index in [0.717, 1.165) is 44.2 Å². The van der Waals surface area contributed by atoms with Gasteiger partial charge in [-0.15, -0.1) is 21.5 Å². The van der Waals surface area contributed by atoms with Gasteiger partial charge in [-0.3, -0.25) is 9.38 Å². The molecule has 0 aliphatic rings. The molecule has 0 saturated carbocycles. The summed E-state index contributed by atoms with van der Waals surface area (Å²) in [6.07, 6.45) is 5.49. The van der Waals surface area contributed by atoms with E-state index in [0.29, 0.717) is 12.4 Å². The Kier molecular flexibility index (Phi) is 4.54. The van der Waals surface area contributed by atoms with E-state index in [9.17, 15) is 0 Å². The van der Waals surface area contributed by atoms with E-state index in [1.807, 2.05) is 59.1 Å². The molecule has 0 fully saturated rings. The van der Waals surface area contributed by atoms with Crippen LogP contribution < -0.4 is 5.32 Å². The number of nitrogens with zero attached hydrogens (tertiary/aromatic N) is 6. The largest absolute Gasteiger partial charge is 0.362 e. The van der Waals surface area contributed by atoms with Crippen LogP contribution in [0.5, 0.6) is 0 Å². The maximum absolute atomic E-state index is 4.90. The lowest BCUT2D eigenvalue weighted by molar-refractivity contribution is 0.913. The maximum atomic E-state index is 4.90. The van der Waals surface area contributed by atoms with Crippen molar-refractivity contribution in [2.24, 2.45) is 0 Å². The smallest absolute Gasteiger partial charge is 0.164 e. The summed E-state index contributed by atoms with van der Waals surface area (Å²) in [6, 6.07) is 20.0. The molecule has 5 heterocycles. The SMILES string of the molecule is c1ccc(-c2csc3nc(-c4cccnc4)nc(NCc4nnc5ccccn45)c23)cc1. The van der Waals surface area contributed by atoms with Gasteiger partial charge in [-0.05, 0) is 29.8 Å². The van der Waals surface area contributed by atoms with Gasteiger partial charge >= 0.3 is 0 Å². The van der Waals surface area contributed by atoms with Crippen LogP contribution in [0.2, 0.25) is 0 Å². The molecule has 1 aromatic carbocycles. The third kappa shape index (κ3) is 3.27. The van der Waals surface area contributed by atoms with Gasteiger partial charge in [0, 0.05) is 35.1 Å². The highest BCUT2D eigenvalue weighted by Crippen LogP contribution is 2.38. The molecule has 0 aliphatic heterocycles. The average Bonchev–Trinajstić information content (AvgIpc) is 3.48. The average molecular weight is 436 g/mol. The first-order valence-corrected chi connectivity index (χ1v) is 11.0. The summed E-state index contributed by atoms with van der Waals surface area (Å²) in [6.45, 7) is 0.480. The molecule has 5 aromatic heterocycles. The number of rotatable bonds is 5. The molecule has 7 nitrogen and oxygen atoms in total. The van der Waals surface area contributed by atoms with Crippen molar-refractivity contribution in [3.05, 3.63) is 90.5 Å². The van der Waals surface area contributed by atoms with E-state index in [1.54, 1.807) is 23.7 Å². The lowest BCUT2D eigenvalue weighted by atomic mass is 10.1. The minimum atomic E-state index is 0.480. The minimum absolute atomic E-state index is 0.480. The van der Waals surface area contributed by atoms with Crippen LogP contribution in [0.1, 0.15) is 5.82 Å². The molecular formula is C24H17N7S. The molecule has 32 heavy (non-hydrogen) atoms. The Hall–Kier alpha value is -4.17. The number of nitrogens with one attached hydrogen (secondary N) is 1. The molecule has 6 aromatic rings. The van der Waals surface area contributed by atoms with Gasteiger partial charge in [0.15, 0.2) is 17.3 Å². The van der Waals surface area contributed by atoms with Crippen LogP contribution in [-0.2, 0) is 6.54 Å². The fourth-order valence-corrected chi connectivity index (χ4v) is 4.65. The number of aromatic nitrogens is 6. The Morgan fingerprint density at radius 2 is 1.75 bits per heavy atom. The van der Waals surface area contributed by atoms with Gasteiger partial charge < -0.3 is 5.32 Å². The first-order valence-electron chi connectivity index (χ1n) is 10.1. The zero-order valence-corrected chi connectivity index (χ0v) is 17.7. The Balaban J connectivity index is 1.48. The van der Waals surface area contributed by atoms with E-state index in [-0.39, 0.29) is 0 Å². The molecule has 154 valence electrons. The second kappa shape index (κ2) is 7.82. The van der Waals surface area contributed by atoms with Crippen molar-refractivity contribution < 1.29 is 0 Å². The number of anilines is 1. The summed E-state index contributed by atoms with van der Waals surface area (Å²) in [7, 11) is 0. The molecule has 0 bridgehead atoms. The van der Waals surface area contributed by atoms with Gasteiger partial charge in [-0.1, -0.05) is 36.4 Å². The number of hydrogen-bond donors (Lipinski definition) is 1. The van der Waals surface area contributed by atoms with E-state index in [2.05, 4.69) is 38.0 Å². The summed E-state index contributed by atoms with van der Waals surface area (Å²) in [5.74, 6) is 2.22. The van der Waals surface area contributed by atoms with E-state index in [4.69, 9.17) is 9.97 Å². The van der Waals surface area contributed by atoms with Crippen molar-refractivity contribution in [2.45, 2.75) is 6.54 Å². The second-order valence-electron chi connectivity index (χ2n) is 7.23. The number of thiophene rings is 1. The first-order chi connectivity index (χ1) is 15.9. The molecule has 0 radical (unpaired) electrons. The van der Waals surface area contributed by atoms with Crippen LogP contribution >= 0.6 is 11.3 Å². The maximum Gasteiger partial charge on any atom is 0.164 e. The first kappa shape index (κ1) is 18.6. The zero-order chi connectivity index (χ0) is 21.3. The van der Waals surface area contributed by atoms with Crippen LogP contribution in [-0.4, -0.2) is 29.5 Å². The molecule has 1 N–H and O–H groups in total. The highest BCUT2D eigenvalue weighted by molar-refractivity contribution is 7.17. The summed E-state index contributed by atoms with van der Waals surface area (Å²) < 4.78 is 1.97. The molecule has 8 heteroatoms. The fraction of sp³-hybridized carbons (Fsp3) is 0.0417. The van der Waals surface area contributed by atoms with Crippen molar-refractivity contribution in [1.29, 1.82) is 0 Å². The fourth-order valence-electron chi connectivity index (χ4n) is 3.70. The van der Waals surface area contributed by atoms with Gasteiger partial charge in [0.05, 0.1) is 11.9 Å². The molecule has 6 rings (SSSR count). The van der Waals surface area contributed by atoms with Crippen LogP contribution in [0.25, 0.3) is 38.4 Å². The van der Waals surface area contributed by atoms with Crippen LogP contribution in [0.15, 0.2) is 84.6 Å². The topological polar surface area (TPSA) is 80.9 Å². The number of fused-ring (bicyclic) bond motifs is 2. The minimum Gasteiger partial charge on any atom is -0.362 e. The second-order valence-corrected chi connectivity index (χ2v) is 8.09. The molecule has 0 saturated heterocycles. The van der Waals surface area contributed by atoms with Gasteiger partial charge in [0.1, 0.15) is 10.6 Å². The molecule has 0 unspecified atom stereocenters. The van der Waals surface area contributed by atoms with Crippen molar-refractivity contribution in [2.75, 3.05) is 5.32 Å². The normalized spacial score (nSPS) is 11.2. The summed E-state index contributed by atoms with van der Waals surface area (Å²) in [5.41, 5.74) is 3.93. The number of hydrogen-bond acceptors (Lipinski definition) is 7. The van der Waals surface area contributed by atoms with Crippen molar-refractivity contribution in [1.82, 2.24) is 29.5 Å². The zero-order valence-electron chi connectivity index (χ0n) is 16.9. The highest BCUT2D eigenvalue weighted by atomic mass is 32.1. The third-order valence-electron chi connectivity index (χ3n) is 5.24. The van der Waals surface area contributed by atoms with Crippen LogP contribution in [0.4, 0.5) is 5.82 Å². The van der Waals surface area contributed by atoms with Gasteiger partial charge in [0.2, 0.25) is 0 Å². The monoisotopic (exact) mass is 435 g/mol. The lowest BCUT2D eigenvalue weighted by Gasteiger charge is -2.10. The van der Waals surface area contributed by atoms with Gasteiger partial charge in [-0.25, -0.2) is 9.97 Å². The van der Waals surface area contributed by atoms with Crippen molar-refractivity contribution in [3.8, 4) is 22.5 Å². The summed E-state index contributed by atoms with van der Waals surface area (Å²) >= 11 is 1.61. The van der Waals surface area contributed by atoms with Gasteiger partial charge in [0.25, 0.3) is 0 Å². The lowest BCUT2D eigenvalue weighted by Crippen LogP contribution is -2.07. The van der Waals surface area contributed by atoms with Crippen molar-refractivity contribution >= 4 is 33.0 Å². The molecular weight excluding hydrogens is 418 g/mol. The Morgan fingerprint density at radius 1 is 0.875 bits per heavy atom. The van der Waals surface area contributed by atoms with E-state index in [1.165, 1.54) is 0 Å². The van der Waals surface area contributed by atoms with Crippen LogP contribution in [0, 0.1) is 0 Å². The standard InChI is InChI=1S/C24H17N7S/c1-2-7-16(8-3-1)18-15-32-24-21(18)23(27-22(28-24)17-9-6-11-25-13-17)26-14-20-30-29-19-10-4-5-12-31(19)20/h1-13,15H,14H2,(H,26,27,28). The van der Waals surface area contributed by atoms with E-state index < -0.39 is 0 Å². The molecule has 0 aliphatic carbocycles. The number of benzene rings is 1. The molecule has 0 spiro atoms. The number of pyridine rings is 2. The third-order valence-corrected chi connectivity index (χ3v) is 6.11. The summed E-state index contributed by atoms with van der Waals surface area (Å²) in [4.78, 5) is 14.9. The Labute approximate surface area is 187 Å². The van der Waals surface area contributed by atoms with Crippen molar-refractivity contribution in [3.63, 3.8) is 0 Å². The Morgan fingerprint density at radius 3 is 2.62 bits per heavy atom.